The van der Waals surface area contributed by atoms with Crippen molar-refractivity contribution in [3.05, 3.63) is 35.4 Å². The zero-order chi connectivity index (χ0) is 12.5. The summed E-state index contributed by atoms with van der Waals surface area (Å²) in [5.41, 5.74) is 7.09. The van der Waals surface area contributed by atoms with Crippen LogP contribution in [-0.4, -0.2) is 11.9 Å². The highest BCUT2D eigenvalue weighted by Crippen LogP contribution is 2.31. The van der Waals surface area contributed by atoms with Crippen molar-refractivity contribution >= 4 is 5.91 Å². The molecule has 92 valence electrons. The van der Waals surface area contributed by atoms with Crippen LogP contribution in [0.1, 0.15) is 37.3 Å². The SMILES string of the molecule is CCC(NC1CC1)(C(N)=O)c1ccc(C)cc1. The summed E-state index contributed by atoms with van der Waals surface area (Å²) in [5.74, 6) is -0.282. The minimum absolute atomic E-state index is 0.282. The number of nitrogens with one attached hydrogen (secondary N) is 1. The number of nitrogens with two attached hydrogens (primary N) is 1. The Labute approximate surface area is 102 Å². The van der Waals surface area contributed by atoms with Crippen LogP contribution in [0.2, 0.25) is 0 Å². The molecule has 1 amide bonds. The van der Waals surface area contributed by atoms with E-state index in [1.807, 2.05) is 38.1 Å². The summed E-state index contributed by atoms with van der Waals surface area (Å²) in [6.07, 6.45) is 2.96. The van der Waals surface area contributed by atoms with Crippen LogP contribution < -0.4 is 11.1 Å². The summed E-state index contributed by atoms with van der Waals surface area (Å²) in [7, 11) is 0. The van der Waals surface area contributed by atoms with E-state index in [0.29, 0.717) is 12.5 Å². The molecule has 0 bridgehead atoms. The van der Waals surface area contributed by atoms with Crippen LogP contribution in [0.15, 0.2) is 24.3 Å². The first kappa shape index (κ1) is 12.1. The molecule has 3 heteroatoms. The van der Waals surface area contributed by atoms with Gasteiger partial charge in [-0.25, -0.2) is 0 Å². The van der Waals surface area contributed by atoms with Gasteiger partial charge in [0.1, 0.15) is 5.54 Å². The summed E-state index contributed by atoms with van der Waals surface area (Å²) in [5, 5.41) is 3.41. The molecule has 1 aromatic rings. The van der Waals surface area contributed by atoms with E-state index in [0.717, 1.165) is 18.4 Å². The summed E-state index contributed by atoms with van der Waals surface area (Å²) >= 11 is 0. The lowest BCUT2D eigenvalue weighted by atomic mass is 9.86. The normalized spacial score (nSPS) is 18.7. The first-order valence-corrected chi connectivity index (χ1v) is 6.23. The topological polar surface area (TPSA) is 55.1 Å². The van der Waals surface area contributed by atoms with Crippen LogP contribution >= 0.6 is 0 Å². The number of benzene rings is 1. The van der Waals surface area contributed by atoms with E-state index in [2.05, 4.69) is 5.32 Å². The third-order valence-corrected chi connectivity index (χ3v) is 3.52. The van der Waals surface area contributed by atoms with Gasteiger partial charge in [-0.2, -0.15) is 0 Å². The maximum absolute atomic E-state index is 11.9. The second-order valence-electron chi connectivity index (χ2n) is 4.91. The van der Waals surface area contributed by atoms with Crippen molar-refractivity contribution in [3.8, 4) is 0 Å². The van der Waals surface area contributed by atoms with Crippen molar-refractivity contribution in [2.45, 2.75) is 44.7 Å². The predicted octanol–water partition coefficient (Wildman–Crippen LogP) is 1.84. The molecular formula is C14H20N2O. The molecule has 0 aromatic heterocycles. The van der Waals surface area contributed by atoms with Gasteiger partial charge in [0.25, 0.3) is 0 Å². The zero-order valence-corrected chi connectivity index (χ0v) is 10.5. The molecule has 1 aliphatic rings. The Bertz CT molecular complexity index is 409. The van der Waals surface area contributed by atoms with E-state index >= 15 is 0 Å². The fourth-order valence-electron chi connectivity index (χ4n) is 2.19. The van der Waals surface area contributed by atoms with E-state index in [4.69, 9.17) is 5.73 Å². The van der Waals surface area contributed by atoms with Crippen molar-refractivity contribution in [1.82, 2.24) is 5.32 Å². The highest BCUT2D eigenvalue weighted by Gasteiger charge is 2.41. The number of rotatable bonds is 5. The lowest BCUT2D eigenvalue weighted by Gasteiger charge is -2.31. The molecule has 2 rings (SSSR count). The third-order valence-electron chi connectivity index (χ3n) is 3.52. The van der Waals surface area contributed by atoms with Gasteiger partial charge in [-0.3, -0.25) is 10.1 Å². The molecule has 0 aliphatic heterocycles. The van der Waals surface area contributed by atoms with Gasteiger partial charge in [-0.05, 0) is 31.7 Å². The van der Waals surface area contributed by atoms with E-state index in [9.17, 15) is 4.79 Å². The van der Waals surface area contributed by atoms with Crippen molar-refractivity contribution < 1.29 is 4.79 Å². The molecule has 1 aliphatic carbocycles. The lowest BCUT2D eigenvalue weighted by Crippen LogP contribution is -2.53. The molecule has 0 heterocycles. The highest BCUT2D eigenvalue weighted by atomic mass is 16.1. The number of primary amides is 1. The van der Waals surface area contributed by atoms with Gasteiger partial charge in [0.15, 0.2) is 0 Å². The minimum Gasteiger partial charge on any atom is -0.368 e. The minimum atomic E-state index is -0.700. The van der Waals surface area contributed by atoms with Crippen molar-refractivity contribution in [3.63, 3.8) is 0 Å². The maximum atomic E-state index is 11.9. The van der Waals surface area contributed by atoms with E-state index < -0.39 is 5.54 Å². The molecule has 0 spiro atoms. The number of carbonyl (C=O) groups excluding carboxylic acids is 1. The van der Waals surface area contributed by atoms with Crippen LogP contribution in [0.4, 0.5) is 0 Å². The van der Waals surface area contributed by atoms with Crippen molar-refractivity contribution in [2.24, 2.45) is 5.73 Å². The Kier molecular flexibility index (Phi) is 3.20. The average Bonchev–Trinajstić information content (AvgIpc) is 3.10. The third kappa shape index (κ3) is 2.34. The molecule has 17 heavy (non-hydrogen) atoms. The molecule has 1 fully saturated rings. The van der Waals surface area contributed by atoms with E-state index in [-0.39, 0.29) is 5.91 Å². The van der Waals surface area contributed by atoms with Gasteiger partial charge < -0.3 is 5.73 Å². The summed E-state index contributed by atoms with van der Waals surface area (Å²) in [4.78, 5) is 11.9. The zero-order valence-electron chi connectivity index (χ0n) is 10.5. The summed E-state index contributed by atoms with van der Waals surface area (Å²) < 4.78 is 0. The van der Waals surface area contributed by atoms with Crippen molar-refractivity contribution in [1.29, 1.82) is 0 Å². The molecule has 3 N–H and O–H groups in total. The number of carbonyl (C=O) groups is 1. The van der Waals surface area contributed by atoms with Gasteiger partial charge in [0.05, 0.1) is 0 Å². The van der Waals surface area contributed by atoms with Crippen LogP contribution in [0, 0.1) is 6.92 Å². The number of aryl methyl sites for hydroxylation is 1. The monoisotopic (exact) mass is 232 g/mol. The van der Waals surface area contributed by atoms with Crippen LogP contribution in [0.3, 0.4) is 0 Å². The second kappa shape index (κ2) is 4.49. The van der Waals surface area contributed by atoms with Crippen LogP contribution in [-0.2, 0) is 10.3 Å². The number of hydrogen-bond donors (Lipinski definition) is 2. The fraction of sp³-hybridized carbons (Fsp3) is 0.500. The number of hydrogen-bond acceptors (Lipinski definition) is 2. The Morgan fingerprint density at radius 1 is 1.41 bits per heavy atom. The molecule has 1 unspecified atom stereocenters. The Balaban J connectivity index is 2.36. The molecule has 0 radical (unpaired) electrons. The number of amides is 1. The van der Waals surface area contributed by atoms with Gasteiger partial charge in [0.2, 0.25) is 5.91 Å². The van der Waals surface area contributed by atoms with E-state index in [1.54, 1.807) is 0 Å². The smallest absolute Gasteiger partial charge is 0.242 e. The van der Waals surface area contributed by atoms with Gasteiger partial charge in [-0.1, -0.05) is 36.8 Å². The summed E-state index contributed by atoms with van der Waals surface area (Å²) in [6.45, 7) is 4.04. The largest absolute Gasteiger partial charge is 0.368 e. The standard InChI is InChI=1S/C14H20N2O/c1-3-14(13(15)17,16-12-8-9-12)11-6-4-10(2)5-7-11/h4-7,12,16H,3,8-9H2,1-2H3,(H2,15,17). The van der Waals surface area contributed by atoms with Gasteiger partial charge in [-0.15, -0.1) is 0 Å². The molecule has 1 aromatic carbocycles. The van der Waals surface area contributed by atoms with Crippen LogP contribution in [0.25, 0.3) is 0 Å². The quantitative estimate of drug-likeness (QED) is 0.814. The first-order valence-electron chi connectivity index (χ1n) is 6.23. The Morgan fingerprint density at radius 3 is 2.41 bits per heavy atom. The second-order valence-corrected chi connectivity index (χ2v) is 4.91. The Hall–Kier alpha value is -1.35. The lowest BCUT2D eigenvalue weighted by molar-refractivity contribution is -0.125. The van der Waals surface area contributed by atoms with E-state index in [1.165, 1.54) is 5.56 Å². The molecule has 0 saturated heterocycles. The summed E-state index contributed by atoms with van der Waals surface area (Å²) in [6, 6.07) is 8.50. The predicted molar refractivity (Wildman–Crippen MR) is 68.5 cm³/mol. The van der Waals surface area contributed by atoms with Gasteiger partial charge in [0, 0.05) is 6.04 Å². The highest BCUT2D eigenvalue weighted by molar-refractivity contribution is 5.86. The molecular weight excluding hydrogens is 212 g/mol. The molecule has 1 atom stereocenters. The first-order chi connectivity index (χ1) is 8.08. The Morgan fingerprint density at radius 2 is 2.00 bits per heavy atom. The average molecular weight is 232 g/mol. The molecule has 3 nitrogen and oxygen atoms in total. The van der Waals surface area contributed by atoms with Crippen molar-refractivity contribution in [2.75, 3.05) is 0 Å². The molecule has 1 saturated carbocycles. The maximum Gasteiger partial charge on any atom is 0.242 e. The van der Waals surface area contributed by atoms with Crippen LogP contribution in [0.5, 0.6) is 0 Å². The fourth-order valence-corrected chi connectivity index (χ4v) is 2.19. The van der Waals surface area contributed by atoms with Gasteiger partial charge >= 0.3 is 0 Å².